The zero-order valence-corrected chi connectivity index (χ0v) is 15.2. The van der Waals surface area contributed by atoms with Gasteiger partial charge in [0.15, 0.2) is 0 Å². The summed E-state index contributed by atoms with van der Waals surface area (Å²) in [5, 5.41) is 16.3. The number of carbonyl (C=O) groups is 1. The van der Waals surface area contributed by atoms with Crippen molar-refractivity contribution in [2.75, 3.05) is 0 Å². The number of aromatic nitrogens is 4. The van der Waals surface area contributed by atoms with Crippen molar-refractivity contribution in [2.24, 2.45) is 0 Å². The quantitative estimate of drug-likeness (QED) is 0.686. The summed E-state index contributed by atoms with van der Waals surface area (Å²) in [4.78, 5) is 37.7. The fourth-order valence-electron chi connectivity index (χ4n) is 2.90. The molecule has 1 atom stereocenters. The van der Waals surface area contributed by atoms with Crippen molar-refractivity contribution in [3.05, 3.63) is 45.1 Å². The van der Waals surface area contributed by atoms with Gasteiger partial charge in [-0.05, 0) is 25.5 Å². The molecule has 0 fully saturated rings. The molecule has 0 bridgehead atoms. The number of benzene rings is 1. The molecule has 2 heterocycles. The smallest absolute Gasteiger partial charge is 0.353 e. The van der Waals surface area contributed by atoms with Crippen LogP contribution in [0.25, 0.3) is 16.7 Å². The minimum atomic E-state index is -0.499. The van der Waals surface area contributed by atoms with Gasteiger partial charge in [-0.3, -0.25) is 14.2 Å². The van der Waals surface area contributed by atoms with Crippen LogP contribution < -0.4 is 16.6 Å². The molecule has 0 radical (unpaired) electrons. The first-order valence-corrected chi connectivity index (χ1v) is 8.75. The molecule has 3 aromatic rings. The molecule has 1 unspecified atom stereocenters. The highest BCUT2D eigenvalue weighted by molar-refractivity contribution is 5.80. The van der Waals surface area contributed by atoms with Gasteiger partial charge in [0.1, 0.15) is 6.54 Å². The van der Waals surface area contributed by atoms with Gasteiger partial charge in [0.2, 0.25) is 11.7 Å². The number of nitrogens with zero attached hydrogens (tertiary/aromatic N) is 5. The van der Waals surface area contributed by atoms with Gasteiger partial charge in [0.05, 0.1) is 17.0 Å². The topological polar surface area (TPSA) is 114 Å². The van der Waals surface area contributed by atoms with E-state index in [9.17, 15) is 14.4 Å². The van der Waals surface area contributed by atoms with Crippen LogP contribution in [0.5, 0.6) is 0 Å². The summed E-state index contributed by atoms with van der Waals surface area (Å²) in [7, 11) is 0. The highest BCUT2D eigenvalue weighted by Crippen LogP contribution is 2.11. The largest absolute Gasteiger partial charge is 0.354 e. The second-order valence-corrected chi connectivity index (χ2v) is 6.33. The summed E-state index contributed by atoms with van der Waals surface area (Å²) in [5.41, 5.74) is -0.406. The van der Waals surface area contributed by atoms with Crippen LogP contribution in [0.2, 0.25) is 0 Å². The Morgan fingerprint density at radius 1 is 1.33 bits per heavy atom. The van der Waals surface area contributed by atoms with Crippen molar-refractivity contribution in [1.82, 2.24) is 24.1 Å². The van der Waals surface area contributed by atoms with Crippen LogP contribution in [0, 0.1) is 11.3 Å². The van der Waals surface area contributed by atoms with E-state index in [4.69, 9.17) is 5.26 Å². The number of amides is 1. The van der Waals surface area contributed by atoms with Crippen molar-refractivity contribution in [3.63, 3.8) is 0 Å². The van der Waals surface area contributed by atoms with Gasteiger partial charge in [-0.1, -0.05) is 19.1 Å². The van der Waals surface area contributed by atoms with Gasteiger partial charge >= 0.3 is 5.69 Å². The van der Waals surface area contributed by atoms with E-state index in [-0.39, 0.29) is 42.8 Å². The summed E-state index contributed by atoms with van der Waals surface area (Å²) in [6, 6.07) is 8.64. The molecular weight excluding hydrogens is 348 g/mol. The van der Waals surface area contributed by atoms with Crippen molar-refractivity contribution >= 4 is 22.6 Å². The zero-order valence-electron chi connectivity index (χ0n) is 15.2. The van der Waals surface area contributed by atoms with Crippen molar-refractivity contribution in [1.29, 1.82) is 5.26 Å². The van der Waals surface area contributed by atoms with Gasteiger partial charge in [0.25, 0.3) is 5.56 Å². The Bertz CT molecular complexity index is 1160. The Balaban J connectivity index is 2.13. The maximum atomic E-state index is 12.9. The molecule has 27 heavy (non-hydrogen) atoms. The number of hydrogen-bond acceptors (Lipinski definition) is 5. The van der Waals surface area contributed by atoms with E-state index in [1.165, 1.54) is 8.97 Å². The summed E-state index contributed by atoms with van der Waals surface area (Å²) in [6.45, 7) is 3.73. The fourth-order valence-corrected chi connectivity index (χ4v) is 2.90. The van der Waals surface area contributed by atoms with Crippen LogP contribution in [0.4, 0.5) is 0 Å². The Hall–Kier alpha value is -3.41. The van der Waals surface area contributed by atoms with Crippen LogP contribution in [0.15, 0.2) is 33.9 Å². The number of carbonyl (C=O) groups excluding carboxylic acids is 1. The van der Waals surface area contributed by atoms with Gasteiger partial charge in [-0.2, -0.15) is 9.94 Å². The molecule has 9 heteroatoms. The molecule has 0 aliphatic rings. The van der Waals surface area contributed by atoms with Crippen LogP contribution in [-0.4, -0.2) is 30.7 Å². The number of hydrogen-bond donors (Lipinski definition) is 1. The van der Waals surface area contributed by atoms with Crippen LogP contribution in [0.1, 0.15) is 26.7 Å². The van der Waals surface area contributed by atoms with E-state index in [0.29, 0.717) is 10.9 Å². The average Bonchev–Trinajstić information content (AvgIpc) is 2.98. The van der Waals surface area contributed by atoms with Gasteiger partial charge in [-0.15, -0.1) is 5.10 Å². The Morgan fingerprint density at radius 2 is 2.07 bits per heavy atom. The molecule has 1 aromatic carbocycles. The summed E-state index contributed by atoms with van der Waals surface area (Å²) in [5.74, 6) is -0.0587. The van der Waals surface area contributed by atoms with Crippen molar-refractivity contribution in [3.8, 4) is 6.07 Å². The minimum Gasteiger partial charge on any atom is -0.354 e. The van der Waals surface area contributed by atoms with E-state index < -0.39 is 5.69 Å². The maximum absolute atomic E-state index is 12.9. The van der Waals surface area contributed by atoms with Gasteiger partial charge in [0, 0.05) is 19.0 Å². The Kier molecular flexibility index (Phi) is 5.07. The lowest BCUT2D eigenvalue weighted by Gasteiger charge is -2.12. The zero-order chi connectivity index (χ0) is 19.6. The number of aryl methyl sites for hydroxylation is 1. The Morgan fingerprint density at radius 3 is 2.78 bits per heavy atom. The SMILES string of the molecule is CCC(C)NC(=O)CCn1c(=O)c2ccccc2n2c(=O)n(CC#N)nc12. The number of nitrogens with one attached hydrogen (secondary N) is 1. The number of fused-ring (bicyclic) bond motifs is 3. The van der Waals surface area contributed by atoms with E-state index in [1.54, 1.807) is 24.3 Å². The molecule has 0 saturated carbocycles. The standard InChI is InChI=1S/C18H20N6O3/c1-3-12(2)20-15(25)8-10-22-16(26)13-6-4-5-7-14(13)24-17(22)21-23(11-9-19)18(24)27/h4-7,12H,3,8,10-11H2,1-2H3,(H,20,25). The molecule has 0 aliphatic heterocycles. The number of para-hydroxylation sites is 1. The first-order valence-electron chi connectivity index (χ1n) is 8.75. The van der Waals surface area contributed by atoms with Crippen molar-refractivity contribution in [2.45, 2.75) is 45.8 Å². The third-order valence-electron chi connectivity index (χ3n) is 4.49. The van der Waals surface area contributed by atoms with Crippen LogP contribution in [0.3, 0.4) is 0 Å². The molecular formula is C18H20N6O3. The second kappa shape index (κ2) is 7.45. The summed E-state index contributed by atoms with van der Waals surface area (Å²) >= 11 is 0. The summed E-state index contributed by atoms with van der Waals surface area (Å²) in [6.07, 6.45) is 0.886. The predicted octanol–water partition coefficient (Wildman–Crippen LogP) is 0.639. The van der Waals surface area contributed by atoms with Crippen LogP contribution in [-0.2, 0) is 17.9 Å². The average molecular weight is 368 g/mol. The molecule has 9 nitrogen and oxygen atoms in total. The molecule has 1 amide bonds. The Labute approximate surface area is 154 Å². The first-order chi connectivity index (χ1) is 13.0. The first kappa shape index (κ1) is 18.4. The van der Waals surface area contributed by atoms with E-state index >= 15 is 0 Å². The molecule has 1 N–H and O–H groups in total. The van der Waals surface area contributed by atoms with E-state index in [0.717, 1.165) is 11.1 Å². The third kappa shape index (κ3) is 3.33. The third-order valence-corrected chi connectivity index (χ3v) is 4.49. The number of rotatable bonds is 6. The van der Waals surface area contributed by atoms with E-state index in [1.807, 2.05) is 19.9 Å². The van der Waals surface area contributed by atoms with Gasteiger partial charge in [-0.25, -0.2) is 9.20 Å². The highest BCUT2D eigenvalue weighted by atomic mass is 16.2. The molecule has 3 rings (SSSR count). The normalized spacial score (nSPS) is 12.2. The summed E-state index contributed by atoms with van der Waals surface area (Å²) < 4.78 is 3.63. The highest BCUT2D eigenvalue weighted by Gasteiger charge is 2.17. The van der Waals surface area contributed by atoms with Crippen molar-refractivity contribution < 1.29 is 4.79 Å². The second-order valence-electron chi connectivity index (χ2n) is 6.33. The molecule has 140 valence electrons. The van der Waals surface area contributed by atoms with E-state index in [2.05, 4.69) is 10.4 Å². The lowest BCUT2D eigenvalue weighted by atomic mass is 10.2. The molecule has 0 spiro atoms. The lowest BCUT2D eigenvalue weighted by molar-refractivity contribution is -0.121. The fraction of sp³-hybridized carbons (Fsp3) is 0.389. The molecule has 0 aliphatic carbocycles. The monoisotopic (exact) mass is 368 g/mol. The number of nitriles is 1. The van der Waals surface area contributed by atoms with Gasteiger partial charge < -0.3 is 5.32 Å². The van der Waals surface area contributed by atoms with Crippen LogP contribution >= 0.6 is 0 Å². The maximum Gasteiger partial charge on any atom is 0.353 e. The molecule has 0 saturated heterocycles. The minimum absolute atomic E-state index is 0.0447. The lowest BCUT2D eigenvalue weighted by Crippen LogP contribution is -2.34. The predicted molar refractivity (Wildman–Crippen MR) is 99.3 cm³/mol. The molecule has 2 aromatic heterocycles.